The van der Waals surface area contributed by atoms with Gasteiger partial charge in [-0.15, -0.1) is 0 Å². The van der Waals surface area contributed by atoms with Crippen molar-refractivity contribution >= 4 is 11.7 Å². The van der Waals surface area contributed by atoms with Gasteiger partial charge in [0, 0.05) is 19.6 Å². The van der Waals surface area contributed by atoms with Gasteiger partial charge in [-0.25, -0.2) is 0 Å². The minimum atomic E-state index is -0.878. The average molecular weight is 292 g/mol. The molecule has 2 N–H and O–H groups in total. The molecular weight excluding hydrogens is 268 g/mol. The molecule has 1 aliphatic carbocycles. The van der Waals surface area contributed by atoms with Crippen LogP contribution in [-0.2, 0) is 4.79 Å². The van der Waals surface area contributed by atoms with Crippen LogP contribution in [0.5, 0.6) is 5.75 Å². The maximum Gasteiger partial charge on any atom is 0.323 e. The number of carboxylic acid groups (broad SMARTS) is 1. The zero-order valence-corrected chi connectivity index (χ0v) is 12.9. The van der Waals surface area contributed by atoms with E-state index in [1.807, 2.05) is 36.2 Å². The normalized spacial score (nSPS) is 17.1. The van der Waals surface area contributed by atoms with E-state index in [1.165, 1.54) is 0 Å². The number of rotatable bonds is 8. The third-order valence-electron chi connectivity index (χ3n) is 4.02. The molecule has 0 saturated heterocycles. The van der Waals surface area contributed by atoms with Crippen molar-refractivity contribution in [1.29, 1.82) is 0 Å². The van der Waals surface area contributed by atoms with E-state index in [4.69, 9.17) is 4.74 Å². The second-order valence-electron chi connectivity index (χ2n) is 5.90. The number of methoxy groups -OCH3 is 1. The summed E-state index contributed by atoms with van der Waals surface area (Å²) in [6.07, 6.45) is 2.68. The standard InChI is InChI=1S/C16H24N2O3/c1-16(15(19)20,17-12-8-9-12)10-11-18(2)13-6-4-5-7-14(13)21-3/h4-7,12,17H,8-11H2,1-3H3,(H,19,20). The summed E-state index contributed by atoms with van der Waals surface area (Å²) in [6.45, 7) is 2.41. The fourth-order valence-corrected chi connectivity index (χ4v) is 2.38. The number of hydrogen-bond acceptors (Lipinski definition) is 4. The Hall–Kier alpha value is -1.75. The van der Waals surface area contributed by atoms with Gasteiger partial charge < -0.3 is 14.7 Å². The van der Waals surface area contributed by atoms with Crippen LogP contribution >= 0.6 is 0 Å². The summed E-state index contributed by atoms with van der Waals surface area (Å²) >= 11 is 0. The summed E-state index contributed by atoms with van der Waals surface area (Å²) in [5, 5.41) is 12.7. The van der Waals surface area contributed by atoms with Crippen molar-refractivity contribution in [3.63, 3.8) is 0 Å². The summed E-state index contributed by atoms with van der Waals surface area (Å²) in [5.74, 6) is 0.00927. The lowest BCUT2D eigenvalue weighted by Crippen LogP contribution is -2.52. The van der Waals surface area contributed by atoms with Crippen LogP contribution < -0.4 is 15.0 Å². The van der Waals surface area contributed by atoms with E-state index in [9.17, 15) is 9.90 Å². The summed E-state index contributed by atoms with van der Waals surface area (Å²) < 4.78 is 5.35. The molecule has 1 aromatic rings. The molecule has 1 saturated carbocycles. The van der Waals surface area contributed by atoms with E-state index in [2.05, 4.69) is 5.32 Å². The largest absolute Gasteiger partial charge is 0.495 e. The van der Waals surface area contributed by atoms with Crippen LogP contribution in [-0.4, -0.2) is 43.4 Å². The highest BCUT2D eigenvalue weighted by atomic mass is 16.5. The van der Waals surface area contributed by atoms with Gasteiger partial charge in [-0.1, -0.05) is 12.1 Å². The molecule has 1 fully saturated rings. The van der Waals surface area contributed by atoms with Gasteiger partial charge in [0.05, 0.1) is 12.8 Å². The monoisotopic (exact) mass is 292 g/mol. The first-order chi connectivity index (χ1) is 9.96. The van der Waals surface area contributed by atoms with Crippen LogP contribution in [0.4, 0.5) is 5.69 Å². The molecule has 1 aliphatic rings. The first-order valence-corrected chi connectivity index (χ1v) is 7.31. The molecule has 21 heavy (non-hydrogen) atoms. The topological polar surface area (TPSA) is 61.8 Å². The van der Waals surface area contributed by atoms with Crippen LogP contribution in [0.15, 0.2) is 24.3 Å². The van der Waals surface area contributed by atoms with E-state index < -0.39 is 11.5 Å². The summed E-state index contributed by atoms with van der Waals surface area (Å²) in [6, 6.07) is 8.12. The molecule has 1 aromatic carbocycles. The van der Waals surface area contributed by atoms with Crippen molar-refractivity contribution in [3.8, 4) is 5.75 Å². The quantitative estimate of drug-likeness (QED) is 0.768. The van der Waals surface area contributed by atoms with Gasteiger partial charge in [0.25, 0.3) is 0 Å². The molecular formula is C16H24N2O3. The molecule has 1 atom stereocenters. The summed E-state index contributed by atoms with van der Waals surface area (Å²) in [4.78, 5) is 13.6. The predicted octanol–water partition coefficient (Wildman–Crippen LogP) is 2.12. The SMILES string of the molecule is COc1ccccc1N(C)CCC(C)(NC1CC1)C(=O)O. The fraction of sp³-hybridized carbons (Fsp3) is 0.562. The Morgan fingerprint density at radius 3 is 2.71 bits per heavy atom. The van der Waals surface area contributed by atoms with Gasteiger partial charge in [0.1, 0.15) is 11.3 Å². The molecule has 0 amide bonds. The summed E-state index contributed by atoms with van der Waals surface area (Å²) in [5.41, 5.74) is 0.0939. The maximum absolute atomic E-state index is 11.6. The van der Waals surface area contributed by atoms with Gasteiger partial charge in [-0.05, 0) is 38.3 Å². The zero-order valence-electron chi connectivity index (χ0n) is 12.9. The highest BCUT2D eigenvalue weighted by Gasteiger charge is 2.38. The number of ether oxygens (including phenoxy) is 1. The molecule has 116 valence electrons. The highest BCUT2D eigenvalue weighted by molar-refractivity contribution is 5.78. The molecule has 2 rings (SSSR count). The van der Waals surface area contributed by atoms with Crippen LogP contribution in [0.2, 0.25) is 0 Å². The average Bonchev–Trinajstić information content (AvgIpc) is 3.28. The molecule has 0 heterocycles. The number of para-hydroxylation sites is 2. The number of anilines is 1. The zero-order chi connectivity index (χ0) is 15.5. The number of aliphatic carboxylic acids is 1. The smallest absolute Gasteiger partial charge is 0.323 e. The minimum absolute atomic E-state index is 0.364. The van der Waals surface area contributed by atoms with Crippen LogP contribution in [0, 0.1) is 0 Å². The third-order valence-corrected chi connectivity index (χ3v) is 4.02. The van der Waals surface area contributed by atoms with Crippen molar-refractivity contribution in [2.75, 3.05) is 25.6 Å². The Bertz CT molecular complexity index is 502. The van der Waals surface area contributed by atoms with Gasteiger partial charge in [-0.3, -0.25) is 10.1 Å². The molecule has 0 radical (unpaired) electrons. The number of carbonyl (C=O) groups is 1. The Morgan fingerprint density at radius 2 is 2.14 bits per heavy atom. The molecule has 0 spiro atoms. The molecule has 0 aliphatic heterocycles. The number of nitrogens with zero attached hydrogens (tertiary/aromatic N) is 1. The van der Waals surface area contributed by atoms with Crippen LogP contribution in [0.25, 0.3) is 0 Å². The Labute approximate surface area is 125 Å². The van der Waals surface area contributed by atoms with E-state index in [0.717, 1.165) is 24.3 Å². The second-order valence-corrected chi connectivity index (χ2v) is 5.90. The highest BCUT2D eigenvalue weighted by Crippen LogP contribution is 2.28. The van der Waals surface area contributed by atoms with E-state index in [-0.39, 0.29) is 0 Å². The lowest BCUT2D eigenvalue weighted by molar-refractivity contribution is -0.144. The number of carboxylic acids is 1. The number of benzene rings is 1. The maximum atomic E-state index is 11.6. The number of hydrogen-bond donors (Lipinski definition) is 2. The van der Waals surface area contributed by atoms with Crippen molar-refractivity contribution in [2.45, 2.75) is 37.8 Å². The minimum Gasteiger partial charge on any atom is -0.495 e. The van der Waals surface area contributed by atoms with E-state index in [0.29, 0.717) is 19.0 Å². The van der Waals surface area contributed by atoms with E-state index >= 15 is 0 Å². The number of nitrogens with one attached hydrogen (secondary N) is 1. The molecule has 5 nitrogen and oxygen atoms in total. The van der Waals surface area contributed by atoms with Gasteiger partial charge in [0.2, 0.25) is 0 Å². The Balaban J connectivity index is 2.01. The Morgan fingerprint density at radius 1 is 1.48 bits per heavy atom. The Kier molecular flexibility index (Phi) is 4.73. The lowest BCUT2D eigenvalue weighted by atomic mass is 9.97. The fourth-order valence-electron chi connectivity index (χ4n) is 2.38. The summed E-state index contributed by atoms with van der Waals surface area (Å²) in [7, 11) is 3.60. The molecule has 0 aromatic heterocycles. The van der Waals surface area contributed by atoms with Crippen LogP contribution in [0.3, 0.4) is 0 Å². The van der Waals surface area contributed by atoms with Crippen molar-refractivity contribution in [3.05, 3.63) is 24.3 Å². The first kappa shape index (κ1) is 15.6. The van der Waals surface area contributed by atoms with Gasteiger partial charge in [0.15, 0.2) is 0 Å². The van der Waals surface area contributed by atoms with Crippen molar-refractivity contribution in [1.82, 2.24) is 5.32 Å². The van der Waals surface area contributed by atoms with Crippen molar-refractivity contribution < 1.29 is 14.6 Å². The first-order valence-electron chi connectivity index (χ1n) is 7.31. The third kappa shape index (κ3) is 3.88. The van der Waals surface area contributed by atoms with E-state index in [1.54, 1.807) is 14.0 Å². The predicted molar refractivity (Wildman–Crippen MR) is 83.1 cm³/mol. The molecule has 0 bridgehead atoms. The van der Waals surface area contributed by atoms with Gasteiger partial charge >= 0.3 is 5.97 Å². The van der Waals surface area contributed by atoms with Crippen LogP contribution in [0.1, 0.15) is 26.2 Å². The van der Waals surface area contributed by atoms with Crippen molar-refractivity contribution in [2.24, 2.45) is 0 Å². The molecule has 1 unspecified atom stereocenters. The van der Waals surface area contributed by atoms with Gasteiger partial charge in [-0.2, -0.15) is 0 Å². The second kappa shape index (κ2) is 6.35. The lowest BCUT2D eigenvalue weighted by Gasteiger charge is -2.30. The molecule has 5 heteroatoms.